The number of ether oxygens (including phenoxy) is 3. The Bertz CT molecular complexity index is 192. The van der Waals surface area contributed by atoms with Gasteiger partial charge in [-0.3, -0.25) is 0 Å². The standard InChI is InChI=1S/C14H31NO3/c1-6-12(15)13(14(2,3)4)18-9-7-8-17-11-10-16-5/h12-13H,6-11,15H2,1-5H3. The molecule has 4 nitrogen and oxygen atoms in total. The van der Waals surface area contributed by atoms with Crippen LogP contribution < -0.4 is 5.73 Å². The Balaban J connectivity index is 3.78. The predicted octanol–water partition coefficient (Wildman–Crippen LogP) is 2.21. The van der Waals surface area contributed by atoms with Crippen LogP contribution in [0.25, 0.3) is 0 Å². The Morgan fingerprint density at radius 1 is 1.06 bits per heavy atom. The number of methoxy groups -OCH3 is 1. The van der Waals surface area contributed by atoms with Crippen molar-refractivity contribution in [1.29, 1.82) is 0 Å². The van der Waals surface area contributed by atoms with Gasteiger partial charge in [0.1, 0.15) is 0 Å². The minimum atomic E-state index is 0.0757. The van der Waals surface area contributed by atoms with Crippen LogP contribution in [0.2, 0.25) is 0 Å². The van der Waals surface area contributed by atoms with E-state index in [9.17, 15) is 0 Å². The van der Waals surface area contributed by atoms with Crippen LogP contribution in [0.15, 0.2) is 0 Å². The third-order valence-corrected chi connectivity index (χ3v) is 2.88. The topological polar surface area (TPSA) is 53.7 Å². The number of hydrogen-bond acceptors (Lipinski definition) is 4. The molecule has 0 aromatic heterocycles. The zero-order valence-corrected chi connectivity index (χ0v) is 12.7. The van der Waals surface area contributed by atoms with E-state index < -0.39 is 0 Å². The largest absolute Gasteiger partial charge is 0.382 e. The lowest BCUT2D eigenvalue weighted by atomic mass is 9.84. The molecule has 0 fully saturated rings. The van der Waals surface area contributed by atoms with Gasteiger partial charge >= 0.3 is 0 Å². The van der Waals surface area contributed by atoms with Gasteiger partial charge in [-0.05, 0) is 18.3 Å². The van der Waals surface area contributed by atoms with Gasteiger partial charge in [0.2, 0.25) is 0 Å². The van der Waals surface area contributed by atoms with E-state index in [0.29, 0.717) is 26.4 Å². The quantitative estimate of drug-likeness (QED) is 0.613. The molecule has 0 aromatic rings. The highest BCUT2D eigenvalue weighted by Crippen LogP contribution is 2.25. The van der Waals surface area contributed by atoms with Gasteiger partial charge in [0.15, 0.2) is 0 Å². The lowest BCUT2D eigenvalue weighted by Gasteiger charge is -2.34. The van der Waals surface area contributed by atoms with Crippen molar-refractivity contribution in [2.75, 3.05) is 33.5 Å². The van der Waals surface area contributed by atoms with Gasteiger partial charge in [0.25, 0.3) is 0 Å². The van der Waals surface area contributed by atoms with Crippen molar-refractivity contribution in [3.05, 3.63) is 0 Å². The Hall–Kier alpha value is -0.160. The van der Waals surface area contributed by atoms with E-state index in [1.54, 1.807) is 7.11 Å². The summed E-state index contributed by atoms with van der Waals surface area (Å²) in [6.07, 6.45) is 1.93. The van der Waals surface area contributed by atoms with E-state index in [-0.39, 0.29) is 17.6 Å². The van der Waals surface area contributed by atoms with Crippen LogP contribution in [0.1, 0.15) is 40.5 Å². The second-order valence-corrected chi connectivity index (χ2v) is 5.69. The summed E-state index contributed by atoms with van der Waals surface area (Å²) in [6, 6.07) is 0.0967. The normalized spacial score (nSPS) is 15.7. The van der Waals surface area contributed by atoms with Crippen molar-refractivity contribution >= 4 is 0 Å². The fraction of sp³-hybridized carbons (Fsp3) is 1.00. The lowest BCUT2D eigenvalue weighted by Crippen LogP contribution is -2.45. The van der Waals surface area contributed by atoms with Crippen molar-refractivity contribution < 1.29 is 14.2 Å². The first kappa shape index (κ1) is 17.8. The molecule has 0 spiro atoms. The first-order valence-electron chi connectivity index (χ1n) is 6.87. The van der Waals surface area contributed by atoms with Gasteiger partial charge < -0.3 is 19.9 Å². The van der Waals surface area contributed by atoms with E-state index in [4.69, 9.17) is 19.9 Å². The second kappa shape index (κ2) is 9.73. The second-order valence-electron chi connectivity index (χ2n) is 5.69. The molecule has 0 bridgehead atoms. The minimum absolute atomic E-state index is 0.0757. The van der Waals surface area contributed by atoms with E-state index in [2.05, 4.69) is 27.7 Å². The maximum Gasteiger partial charge on any atom is 0.0773 e. The molecule has 4 heteroatoms. The molecule has 0 saturated heterocycles. The van der Waals surface area contributed by atoms with Crippen molar-refractivity contribution in [3.8, 4) is 0 Å². The molecule has 0 aliphatic rings. The highest BCUT2D eigenvalue weighted by atomic mass is 16.5. The monoisotopic (exact) mass is 261 g/mol. The molecule has 2 atom stereocenters. The highest BCUT2D eigenvalue weighted by Gasteiger charge is 2.29. The fourth-order valence-electron chi connectivity index (χ4n) is 1.85. The first-order valence-corrected chi connectivity index (χ1v) is 6.87. The summed E-state index contributed by atoms with van der Waals surface area (Å²) in [5.41, 5.74) is 6.19. The van der Waals surface area contributed by atoms with Gasteiger partial charge in [-0.15, -0.1) is 0 Å². The smallest absolute Gasteiger partial charge is 0.0773 e. The Labute approximate surface area is 112 Å². The summed E-state index contributed by atoms with van der Waals surface area (Å²) in [4.78, 5) is 0. The summed E-state index contributed by atoms with van der Waals surface area (Å²) < 4.78 is 16.2. The van der Waals surface area contributed by atoms with Crippen molar-refractivity contribution in [3.63, 3.8) is 0 Å². The molecule has 0 amide bonds. The highest BCUT2D eigenvalue weighted by molar-refractivity contribution is 4.83. The Morgan fingerprint density at radius 2 is 1.72 bits per heavy atom. The molecule has 0 heterocycles. The molecule has 0 rings (SSSR count). The van der Waals surface area contributed by atoms with Gasteiger partial charge in [-0.25, -0.2) is 0 Å². The summed E-state index contributed by atoms with van der Waals surface area (Å²) in [5, 5.41) is 0. The molecule has 0 radical (unpaired) electrons. The van der Waals surface area contributed by atoms with E-state index in [1.807, 2.05) is 0 Å². The third kappa shape index (κ3) is 8.03. The zero-order chi connectivity index (χ0) is 14.0. The first-order chi connectivity index (χ1) is 8.43. The average Bonchev–Trinajstić information content (AvgIpc) is 2.30. The van der Waals surface area contributed by atoms with E-state index in [1.165, 1.54) is 0 Å². The van der Waals surface area contributed by atoms with Crippen LogP contribution in [0.5, 0.6) is 0 Å². The molecule has 2 N–H and O–H groups in total. The van der Waals surface area contributed by atoms with Gasteiger partial charge in [0, 0.05) is 26.4 Å². The number of rotatable bonds is 10. The molecule has 0 saturated carbocycles. The summed E-state index contributed by atoms with van der Waals surface area (Å²) in [7, 11) is 1.67. The minimum Gasteiger partial charge on any atom is -0.382 e. The lowest BCUT2D eigenvalue weighted by molar-refractivity contribution is -0.0423. The summed E-state index contributed by atoms with van der Waals surface area (Å²) in [6.45, 7) is 11.3. The molecular weight excluding hydrogens is 230 g/mol. The van der Waals surface area contributed by atoms with Crippen LogP contribution in [0.4, 0.5) is 0 Å². The summed E-state index contributed by atoms with van der Waals surface area (Å²) >= 11 is 0. The van der Waals surface area contributed by atoms with E-state index >= 15 is 0 Å². The SMILES string of the molecule is CCC(N)C(OCCCOCCOC)C(C)(C)C. The van der Waals surface area contributed by atoms with Crippen LogP contribution in [0.3, 0.4) is 0 Å². The number of hydrogen-bond donors (Lipinski definition) is 1. The molecule has 110 valence electrons. The zero-order valence-electron chi connectivity index (χ0n) is 12.7. The summed E-state index contributed by atoms with van der Waals surface area (Å²) in [5.74, 6) is 0. The fourth-order valence-corrected chi connectivity index (χ4v) is 1.85. The van der Waals surface area contributed by atoms with Crippen LogP contribution in [-0.2, 0) is 14.2 Å². The van der Waals surface area contributed by atoms with E-state index in [0.717, 1.165) is 12.8 Å². The number of nitrogens with two attached hydrogens (primary N) is 1. The molecule has 0 aliphatic carbocycles. The van der Waals surface area contributed by atoms with Crippen LogP contribution >= 0.6 is 0 Å². The average molecular weight is 261 g/mol. The van der Waals surface area contributed by atoms with Gasteiger partial charge in [-0.2, -0.15) is 0 Å². The molecular formula is C14H31NO3. The molecule has 18 heavy (non-hydrogen) atoms. The van der Waals surface area contributed by atoms with Crippen molar-refractivity contribution in [2.24, 2.45) is 11.1 Å². The Morgan fingerprint density at radius 3 is 2.22 bits per heavy atom. The van der Waals surface area contributed by atoms with Crippen molar-refractivity contribution in [1.82, 2.24) is 0 Å². The molecule has 0 aromatic carbocycles. The molecule has 0 aliphatic heterocycles. The van der Waals surface area contributed by atoms with Gasteiger partial charge in [-0.1, -0.05) is 27.7 Å². The van der Waals surface area contributed by atoms with Gasteiger partial charge in [0.05, 0.1) is 19.3 Å². The third-order valence-electron chi connectivity index (χ3n) is 2.88. The maximum absolute atomic E-state index is 6.11. The maximum atomic E-state index is 6.11. The van der Waals surface area contributed by atoms with Crippen LogP contribution in [0, 0.1) is 5.41 Å². The Kier molecular flexibility index (Phi) is 9.64. The predicted molar refractivity (Wildman–Crippen MR) is 74.8 cm³/mol. The van der Waals surface area contributed by atoms with Crippen molar-refractivity contribution in [2.45, 2.75) is 52.7 Å². The van der Waals surface area contributed by atoms with Crippen LogP contribution in [-0.4, -0.2) is 45.7 Å². The molecule has 2 unspecified atom stereocenters.